The van der Waals surface area contributed by atoms with Crippen LogP contribution in [0.4, 0.5) is 25.8 Å². The first-order chi connectivity index (χ1) is 68.8. The number of aromatic carboxylic acids is 1. The molecule has 17 aromatic carbocycles. The smallest absolute Gasteiger partial charge is 0.354 e. The van der Waals surface area contributed by atoms with Gasteiger partial charge < -0.3 is 28.7 Å². The van der Waals surface area contributed by atoms with E-state index in [1.54, 1.807) is 36.5 Å². The fourth-order valence-corrected chi connectivity index (χ4v) is 18.6. The van der Waals surface area contributed by atoms with Gasteiger partial charge in [-0.2, -0.15) is 0 Å². The van der Waals surface area contributed by atoms with E-state index in [-0.39, 0.29) is 36.8 Å². The number of aromatic nitrogens is 10. The van der Waals surface area contributed by atoms with E-state index < -0.39 is 17.6 Å². The number of benzene rings is 17. The first-order valence-electron chi connectivity index (χ1n) is 46.3. The number of nitrogens with zero attached hydrogens (tertiary/aromatic N) is 11. The second-order valence-electron chi connectivity index (χ2n) is 34.9. The molecule has 16 heteroatoms. The number of hydrogen-bond acceptors (Lipinski definition) is 8. The minimum atomic E-state index is -0.990. The van der Waals surface area contributed by atoms with Gasteiger partial charge in [0.15, 0.2) is 11.6 Å². The Morgan fingerprint density at radius 2 is 0.631 bits per heavy atom. The van der Waals surface area contributed by atoms with Crippen molar-refractivity contribution < 1.29 is 38.8 Å². The predicted molar refractivity (Wildman–Crippen MR) is 568 cm³/mol. The zero-order chi connectivity index (χ0) is 95.0. The molecule has 0 amide bonds. The van der Waals surface area contributed by atoms with Crippen LogP contribution in [0.3, 0.4) is 0 Å². The molecule has 0 saturated carbocycles. The molecule has 25 rings (SSSR count). The SMILES string of the molecule is CC(C)(C)c1ccc(-c2nnc(-c3ccc(-c4ccccc4)cc3)n2-c2ccccc2)cc1.Fc1c[c-]c(-c2ccccn2)c(F)c1.O=C(O)c1ccccn1.[Ir].c1ccc(-c2ccnc3c2ccc2c(-c4ccccc4)ccnc23)cc1.c1ccc2c(c1)c1ccccc1n2-c1ccc(N(c2ccc(-n3c4ccccc4c4ccccc43)cc2)c2ccc(-n3c4ccccc4c4ccccc43)cc2)cc1. The molecule has 13 nitrogen and oxygen atoms in total. The van der Waals surface area contributed by atoms with E-state index >= 15 is 0 Å². The molecule has 0 spiro atoms. The number of anilines is 3. The van der Waals surface area contributed by atoms with Crippen LogP contribution in [0.25, 0.3) is 177 Å². The fraction of sp³-hybridized carbons (Fsp3) is 0.0320. The van der Waals surface area contributed by atoms with Gasteiger partial charge in [0.25, 0.3) is 0 Å². The van der Waals surface area contributed by atoms with Gasteiger partial charge in [0.2, 0.25) is 0 Å². The van der Waals surface area contributed by atoms with E-state index in [2.05, 4.69) is 456 Å². The summed E-state index contributed by atoms with van der Waals surface area (Å²) in [6, 6.07) is 161. The maximum atomic E-state index is 13.2. The number of para-hydroxylation sites is 7. The Labute approximate surface area is 827 Å². The Hall–Kier alpha value is -17.8. The maximum Gasteiger partial charge on any atom is 0.354 e. The standard InChI is InChI=1S/C54H36N4.C30H27N3.C24H16N2.C11H6F2N.C6H5NO2.Ir/c1-7-19-49-43(13-1)44-14-2-8-20-50(44)56(49)40-31-25-37(26-32-40)55(38-27-33-41(34-28-38)57-51-21-9-3-15-45(51)46-16-4-10-22-52(46)57)39-29-35-42(36-30-39)58-53-23-11-5-17-47(53)48-18-6-12-24-54(48)58;1-30(2,3)26-20-18-25(19-21-26)29-32-31-28(33(29)27-12-8-5-9-13-27)24-16-14-23(15-17-24)22-10-6-4-7-11-22;1-3-7-17(8-4-1)19-13-15-25-23-21(19)11-12-22-20(14-16-26-24(22)23)18-9-5-2-6-10-18;12-8-4-5-9(10(13)7-8)11-3-1-2-6-14-11;8-6(9)5-3-1-2-4-7-5;/h1-36H;4-21H,1-3H3;1-16H;1-4,6-7H;1-4H,(H,8,9);/q;;;-1;;. The van der Waals surface area contributed by atoms with Crippen LogP contribution in [-0.2, 0) is 25.5 Å². The molecule has 8 heterocycles. The maximum absolute atomic E-state index is 13.2. The predicted octanol–water partition coefficient (Wildman–Crippen LogP) is 31.7. The van der Waals surface area contributed by atoms with Crippen molar-refractivity contribution in [2.45, 2.75) is 26.2 Å². The van der Waals surface area contributed by atoms with Crippen molar-refractivity contribution in [3.8, 4) is 90.2 Å². The fourth-order valence-electron chi connectivity index (χ4n) is 18.6. The third kappa shape index (κ3) is 18.7. The van der Waals surface area contributed by atoms with Crippen LogP contribution in [-0.4, -0.2) is 59.5 Å². The van der Waals surface area contributed by atoms with Crippen LogP contribution in [0.5, 0.6) is 0 Å². The van der Waals surface area contributed by atoms with Crippen LogP contribution in [0, 0.1) is 17.7 Å². The molecule has 0 unspecified atom stereocenters. The molecule has 0 bridgehead atoms. The molecular formula is C125H90F2IrN11O2-. The van der Waals surface area contributed by atoms with Crippen molar-refractivity contribution >= 4 is 110 Å². The Morgan fingerprint density at radius 1 is 0.305 bits per heavy atom. The number of halogens is 2. The van der Waals surface area contributed by atoms with Crippen molar-refractivity contribution in [3.63, 3.8) is 0 Å². The Kier molecular flexibility index (Phi) is 26.2. The Bertz CT molecular complexity index is 8100. The minimum Gasteiger partial charge on any atom is -0.477 e. The number of pyridine rings is 4. The molecule has 0 saturated heterocycles. The van der Waals surface area contributed by atoms with Crippen LogP contribution in [0.1, 0.15) is 36.8 Å². The Balaban J connectivity index is 0.000000124. The van der Waals surface area contributed by atoms with E-state index in [0.717, 1.165) is 96.5 Å². The van der Waals surface area contributed by atoms with Gasteiger partial charge in [-0.15, -0.1) is 22.3 Å². The third-order valence-electron chi connectivity index (χ3n) is 25.2. The van der Waals surface area contributed by atoms with Gasteiger partial charge >= 0.3 is 5.97 Å². The summed E-state index contributed by atoms with van der Waals surface area (Å²) in [5.41, 5.74) is 28.1. The second-order valence-corrected chi connectivity index (χ2v) is 34.9. The number of rotatable bonds is 14. The van der Waals surface area contributed by atoms with Crippen molar-refractivity contribution in [3.05, 3.63) is 515 Å². The number of hydrogen-bond donors (Lipinski definition) is 1. The monoisotopic (exact) mass is 2010 g/mol. The summed E-state index contributed by atoms with van der Waals surface area (Å²) in [5, 5.41) is 27.4. The largest absolute Gasteiger partial charge is 0.477 e. The number of carboxylic acids is 1. The van der Waals surface area contributed by atoms with Gasteiger partial charge in [0.1, 0.15) is 5.69 Å². The molecule has 1 radical (unpaired) electrons. The summed E-state index contributed by atoms with van der Waals surface area (Å²) in [6.45, 7) is 6.68. The summed E-state index contributed by atoms with van der Waals surface area (Å²) >= 11 is 0. The molecule has 681 valence electrons. The zero-order valence-electron chi connectivity index (χ0n) is 77.1. The van der Waals surface area contributed by atoms with Gasteiger partial charge in [-0.05, 0) is 202 Å². The van der Waals surface area contributed by atoms with Gasteiger partial charge in [-0.1, -0.05) is 330 Å². The third-order valence-corrected chi connectivity index (χ3v) is 25.2. The topological polar surface area (TPSA) is 138 Å². The molecule has 1 N–H and O–H groups in total. The van der Waals surface area contributed by atoms with Gasteiger partial charge in [0.05, 0.1) is 44.1 Å². The van der Waals surface area contributed by atoms with Crippen molar-refractivity contribution in [1.29, 1.82) is 0 Å². The summed E-state index contributed by atoms with van der Waals surface area (Å²) in [5.74, 6) is -0.610. The first kappa shape index (κ1) is 91.0. The van der Waals surface area contributed by atoms with Crippen LogP contribution >= 0.6 is 0 Å². The van der Waals surface area contributed by atoms with E-state index in [1.807, 2.05) is 48.8 Å². The van der Waals surface area contributed by atoms with Gasteiger partial charge in [0, 0.05) is 151 Å². The molecule has 25 aromatic rings. The van der Waals surface area contributed by atoms with Crippen LogP contribution in [0.2, 0.25) is 0 Å². The quantitative estimate of drug-likeness (QED) is 0.0833. The molecular weight excluding hydrogens is 1920 g/mol. The van der Waals surface area contributed by atoms with Crippen LogP contribution < -0.4 is 4.90 Å². The molecule has 141 heavy (non-hydrogen) atoms. The number of carbonyl (C=O) groups is 1. The second kappa shape index (κ2) is 40.6. The minimum absolute atomic E-state index is 0. The van der Waals surface area contributed by atoms with E-state index in [9.17, 15) is 13.6 Å². The molecule has 8 aromatic heterocycles. The average molecular weight is 2010 g/mol. The summed E-state index contributed by atoms with van der Waals surface area (Å²) in [4.78, 5) is 29.4. The van der Waals surface area contributed by atoms with E-state index in [0.29, 0.717) is 5.69 Å². The molecule has 0 atom stereocenters. The van der Waals surface area contributed by atoms with Gasteiger partial charge in [-0.3, -0.25) is 23.3 Å². The first-order valence-corrected chi connectivity index (χ1v) is 46.3. The summed E-state index contributed by atoms with van der Waals surface area (Å²) in [6.07, 6.45) is 6.75. The molecule has 0 aliphatic carbocycles. The summed E-state index contributed by atoms with van der Waals surface area (Å²) < 4.78 is 35.1. The average Bonchev–Trinajstić information content (AvgIpc) is 1.64. The number of carboxylic acid groups (broad SMARTS) is 1. The van der Waals surface area contributed by atoms with Gasteiger partial charge in [-0.25, -0.2) is 9.78 Å². The number of fused-ring (bicyclic) bond motifs is 12. The molecule has 0 fully saturated rings. The molecule has 0 aliphatic rings. The van der Waals surface area contributed by atoms with E-state index in [1.165, 1.54) is 117 Å². The Morgan fingerprint density at radius 3 is 0.979 bits per heavy atom. The molecule has 0 aliphatic heterocycles. The van der Waals surface area contributed by atoms with Crippen molar-refractivity contribution in [1.82, 2.24) is 48.4 Å². The zero-order valence-corrected chi connectivity index (χ0v) is 79.4. The van der Waals surface area contributed by atoms with Crippen LogP contribution in [0.15, 0.2) is 486 Å². The van der Waals surface area contributed by atoms with Crippen molar-refractivity contribution in [2.24, 2.45) is 0 Å². The van der Waals surface area contributed by atoms with Crippen molar-refractivity contribution in [2.75, 3.05) is 4.90 Å². The summed E-state index contributed by atoms with van der Waals surface area (Å²) in [7, 11) is 0. The van der Waals surface area contributed by atoms with E-state index in [4.69, 9.17) is 5.11 Å². The normalized spacial score (nSPS) is 11.2.